The van der Waals surface area contributed by atoms with Crippen molar-refractivity contribution >= 4 is 5.84 Å². The Bertz CT molecular complexity index is 891. The van der Waals surface area contributed by atoms with Gasteiger partial charge in [-0.15, -0.1) is 0 Å². The van der Waals surface area contributed by atoms with E-state index in [1.165, 1.54) is 0 Å². The quantitative estimate of drug-likeness (QED) is 0.0728. The zero-order valence-electron chi connectivity index (χ0n) is 24.1. The molecule has 4 fully saturated rings. The number of unbranched alkanes of at least 4 members (excludes halogenated alkanes) is 1. The first kappa shape index (κ1) is 32.9. The Morgan fingerprint density at radius 3 is 2.32 bits per heavy atom. The topological polar surface area (TPSA) is 255 Å². The van der Waals surface area contributed by atoms with Crippen molar-refractivity contribution in [3.63, 3.8) is 0 Å². The number of aliphatic hydroxyl groups excluding tert-OH is 3. The summed E-state index contributed by atoms with van der Waals surface area (Å²) in [5, 5.41) is 52.9. The van der Waals surface area contributed by atoms with E-state index in [1.807, 2.05) is 0 Å². The highest BCUT2D eigenvalue weighted by Crippen LogP contribution is 2.36. The Balaban J connectivity index is 1.52. The Labute approximate surface area is 241 Å². The molecule has 12 atom stereocenters. The van der Waals surface area contributed by atoms with Crippen LogP contribution in [0, 0.1) is 5.92 Å². The number of amidine groups is 1. The standard InChI is InChI=1S/C27H51N5O9/c1-13-19(34)24(38-12-26(13,2)36)41-22-18(32-25(31)27(37)10-14(28)11-27)9-17(30)21(20(22)35)40-23-16(29)7-6-15(39-23)5-3-4-8-33/h13-24,33-37H,3-12,28-30H2,1-2H3,(H2,31,32)/t13-,14?,15-,16?,17+,18-,19?,20?,21?,22?,23-,24-,26?,27?/m1/s1. The number of nitrogens with two attached hydrogens (primary N) is 4. The van der Waals surface area contributed by atoms with Gasteiger partial charge < -0.3 is 67.4 Å². The predicted octanol–water partition coefficient (Wildman–Crippen LogP) is -2.47. The second-order valence-corrected chi connectivity index (χ2v) is 12.8. The molecule has 2 aliphatic carbocycles. The van der Waals surface area contributed by atoms with Gasteiger partial charge in [-0.2, -0.15) is 0 Å². The summed E-state index contributed by atoms with van der Waals surface area (Å²) in [6.45, 7) is 3.28. The summed E-state index contributed by atoms with van der Waals surface area (Å²) in [6.07, 6.45) is -2.34. The number of hydrogen-bond acceptors (Lipinski definition) is 13. The summed E-state index contributed by atoms with van der Waals surface area (Å²) in [4.78, 5) is 4.54. The summed E-state index contributed by atoms with van der Waals surface area (Å²) in [6, 6.07) is -2.14. The molecule has 14 heteroatoms. The van der Waals surface area contributed by atoms with Crippen LogP contribution < -0.4 is 22.9 Å². The molecule has 2 saturated heterocycles. The largest absolute Gasteiger partial charge is 0.396 e. The van der Waals surface area contributed by atoms with Crippen molar-refractivity contribution in [3.8, 4) is 0 Å². The van der Waals surface area contributed by atoms with Crippen molar-refractivity contribution in [2.45, 2.75) is 144 Å². The molecule has 0 aromatic rings. The molecule has 6 unspecified atom stereocenters. The Hall–Kier alpha value is -1.01. The van der Waals surface area contributed by atoms with Gasteiger partial charge in [0.1, 0.15) is 35.9 Å². The Morgan fingerprint density at radius 1 is 0.976 bits per heavy atom. The zero-order valence-corrected chi connectivity index (χ0v) is 24.1. The van der Waals surface area contributed by atoms with Crippen LogP contribution >= 0.6 is 0 Å². The summed E-state index contributed by atoms with van der Waals surface area (Å²) in [5.41, 5.74) is 22.3. The first-order valence-electron chi connectivity index (χ1n) is 14.9. The Morgan fingerprint density at radius 2 is 1.66 bits per heavy atom. The van der Waals surface area contributed by atoms with Gasteiger partial charge in [0.25, 0.3) is 0 Å². The smallest absolute Gasteiger partial charge is 0.184 e. The van der Waals surface area contributed by atoms with Gasteiger partial charge in [-0.05, 0) is 58.3 Å². The maximum atomic E-state index is 11.6. The lowest BCUT2D eigenvalue weighted by Crippen LogP contribution is -2.65. The Kier molecular flexibility index (Phi) is 10.7. The molecule has 41 heavy (non-hydrogen) atoms. The molecule has 2 aliphatic heterocycles. The van der Waals surface area contributed by atoms with Gasteiger partial charge in [0.2, 0.25) is 0 Å². The van der Waals surface area contributed by atoms with Crippen LogP contribution in [0.25, 0.3) is 0 Å². The van der Waals surface area contributed by atoms with E-state index in [2.05, 4.69) is 4.99 Å². The van der Waals surface area contributed by atoms with E-state index in [-0.39, 0.29) is 50.5 Å². The van der Waals surface area contributed by atoms with Gasteiger partial charge in [-0.25, -0.2) is 0 Å². The highest BCUT2D eigenvalue weighted by atomic mass is 16.7. The number of nitrogens with zero attached hydrogens (tertiary/aromatic N) is 1. The van der Waals surface area contributed by atoms with E-state index < -0.39 is 72.2 Å². The average Bonchev–Trinajstić information content (AvgIpc) is 2.89. The molecule has 0 aromatic carbocycles. The van der Waals surface area contributed by atoms with E-state index in [9.17, 15) is 20.4 Å². The highest BCUT2D eigenvalue weighted by Gasteiger charge is 2.52. The molecule has 4 aliphatic rings. The van der Waals surface area contributed by atoms with Gasteiger partial charge in [-0.1, -0.05) is 6.92 Å². The van der Waals surface area contributed by atoms with Gasteiger partial charge in [0.15, 0.2) is 12.6 Å². The van der Waals surface area contributed by atoms with E-state index in [4.69, 9.17) is 47.0 Å². The van der Waals surface area contributed by atoms with Crippen molar-refractivity contribution in [2.24, 2.45) is 33.8 Å². The fourth-order valence-electron chi connectivity index (χ4n) is 6.23. The summed E-state index contributed by atoms with van der Waals surface area (Å²) < 4.78 is 24.2. The molecule has 0 aromatic heterocycles. The van der Waals surface area contributed by atoms with E-state index in [1.54, 1.807) is 13.8 Å². The van der Waals surface area contributed by atoms with Crippen LogP contribution in [-0.4, -0.2) is 123 Å². The normalized spacial score (nSPS) is 49.5. The molecule has 0 bridgehead atoms. The number of aliphatic hydroxyl groups is 5. The summed E-state index contributed by atoms with van der Waals surface area (Å²) in [7, 11) is 0. The summed E-state index contributed by atoms with van der Waals surface area (Å²) >= 11 is 0. The van der Waals surface area contributed by atoms with Crippen LogP contribution in [-0.2, 0) is 18.9 Å². The molecule has 14 nitrogen and oxygen atoms in total. The van der Waals surface area contributed by atoms with Crippen LogP contribution in [0.1, 0.15) is 65.2 Å². The van der Waals surface area contributed by atoms with Crippen LogP contribution in [0.4, 0.5) is 0 Å². The third kappa shape index (κ3) is 7.39. The highest BCUT2D eigenvalue weighted by molar-refractivity contribution is 5.90. The van der Waals surface area contributed by atoms with Gasteiger partial charge >= 0.3 is 0 Å². The first-order chi connectivity index (χ1) is 19.3. The van der Waals surface area contributed by atoms with Crippen LogP contribution in [0.3, 0.4) is 0 Å². The lowest BCUT2D eigenvalue weighted by molar-refractivity contribution is -0.313. The van der Waals surface area contributed by atoms with Gasteiger partial charge in [0, 0.05) is 24.6 Å². The molecular weight excluding hydrogens is 538 g/mol. The van der Waals surface area contributed by atoms with Crippen molar-refractivity contribution < 1.29 is 44.5 Å². The van der Waals surface area contributed by atoms with Crippen molar-refractivity contribution in [1.82, 2.24) is 0 Å². The predicted molar refractivity (Wildman–Crippen MR) is 148 cm³/mol. The molecule has 13 N–H and O–H groups in total. The van der Waals surface area contributed by atoms with Crippen LogP contribution in [0.2, 0.25) is 0 Å². The number of aliphatic imine (C=N–C) groups is 1. The number of hydrogen-bond donors (Lipinski definition) is 9. The molecule has 238 valence electrons. The van der Waals surface area contributed by atoms with E-state index >= 15 is 0 Å². The van der Waals surface area contributed by atoms with Crippen molar-refractivity contribution in [3.05, 3.63) is 0 Å². The fraction of sp³-hybridized carbons (Fsp3) is 0.963. The molecule has 0 amide bonds. The number of rotatable bonds is 10. The molecule has 2 heterocycles. The SMILES string of the molecule is C[C@@H]1C(O)[C@@H](OC2C(O)C(O[C@H]3O[C@H](CCCCO)CCC3N)[C@@H](N)C[C@H]2N=C(N)C2(O)CC(N)C2)OCC1(C)O. The maximum absolute atomic E-state index is 11.6. The lowest BCUT2D eigenvalue weighted by Gasteiger charge is -2.48. The average molecular weight is 590 g/mol. The van der Waals surface area contributed by atoms with E-state index in [0.29, 0.717) is 12.8 Å². The number of ether oxygens (including phenoxy) is 4. The second-order valence-electron chi connectivity index (χ2n) is 12.8. The minimum atomic E-state index is -1.35. The van der Waals surface area contributed by atoms with E-state index in [0.717, 1.165) is 19.3 Å². The minimum Gasteiger partial charge on any atom is -0.396 e. The lowest BCUT2D eigenvalue weighted by atomic mass is 9.75. The molecule has 4 rings (SSSR count). The van der Waals surface area contributed by atoms with Crippen molar-refractivity contribution in [2.75, 3.05) is 13.2 Å². The summed E-state index contributed by atoms with van der Waals surface area (Å²) in [5.74, 6) is -0.613. The first-order valence-corrected chi connectivity index (χ1v) is 14.9. The van der Waals surface area contributed by atoms with Gasteiger partial charge in [-0.3, -0.25) is 4.99 Å². The molecular formula is C27H51N5O9. The molecule has 2 saturated carbocycles. The minimum absolute atomic E-state index is 0.0265. The maximum Gasteiger partial charge on any atom is 0.184 e. The van der Waals surface area contributed by atoms with Crippen LogP contribution in [0.15, 0.2) is 4.99 Å². The molecule has 0 radical (unpaired) electrons. The van der Waals surface area contributed by atoms with Gasteiger partial charge in [0.05, 0.1) is 30.4 Å². The fourth-order valence-corrected chi connectivity index (χ4v) is 6.23. The second kappa shape index (κ2) is 13.3. The third-order valence-corrected chi connectivity index (χ3v) is 9.30. The molecule has 0 spiro atoms. The van der Waals surface area contributed by atoms with Crippen LogP contribution in [0.5, 0.6) is 0 Å². The monoisotopic (exact) mass is 589 g/mol. The zero-order chi connectivity index (χ0) is 30.1. The third-order valence-electron chi connectivity index (χ3n) is 9.30. The van der Waals surface area contributed by atoms with Crippen molar-refractivity contribution in [1.29, 1.82) is 0 Å².